The van der Waals surface area contributed by atoms with Crippen molar-refractivity contribution < 1.29 is 19.4 Å². The van der Waals surface area contributed by atoms with E-state index in [4.69, 9.17) is 25.1 Å². The number of nitrogens with one attached hydrogen (secondary N) is 1. The molecule has 0 unspecified atom stereocenters. The fourth-order valence-electron chi connectivity index (χ4n) is 3.89. The lowest BCUT2D eigenvalue weighted by molar-refractivity contribution is -0.126. The van der Waals surface area contributed by atoms with Gasteiger partial charge in [-0.15, -0.1) is 0 Å². The predicted octanol–water partition coefficient (Wildman–Crippen LogP) is 4.46. The van der Waals surface area contributed by atoms with E-state index in [1.165, 1.54) is 0 Å². The van der Waals surface area contributed by atoms with Crippen LogP contribution in [0.5, 0.6) is 5.75 Å². The molecule has 1 aliphatic rings. The number of ether oxygens (including phenoxy) is 2. The number of nitrogens with zero attached hydrogens (tertiary/aromatic N) is 4. The Hall–Kier alpha value is -4.33. The zero-order valence-electron chi connectivity index (χ0n) is 19.7. The number of carbonyl (C=O) groups is 1. The van der Waals surface area contributed by atoms with E-state index in [9.17, 15) is 4.79 Å². The van der Waals surface area contributed by atoms with Crippen molar-refractivity contribution in [3.8, 4) is 5.75 Å². The molecular weight excluding hydrogens is 458 g/mol. The average molecular weight is 486 g/mol. The minimum atomic E-state index is -1.23. The number of hydrogen-bond acceptors (Lipinski definition) is 6. The molecular formula is C27H27N5O4. The van der Waals surface area contributed by atoms with Gasteiger partial charge in [0.25, 0.3) is 5.91 Å². The van der Waals surface area contributed by atoms with Gasteiger partial charge in [0.15, 0.2) is 5.54 Å². The van der Waals surface area contributed by atoms with Gasteiger partial charge in [0.2, 0.25) is 5.90 Å². The van der Waals surface area contributed by atoms with Crippen LogP contribution in [0.25, 0.3) is 10.4 Å². The quantitative estimate of drug-likeness (QED) is 0.180. The number of aliphatic hydroxyl groups excluding tert-OH is 1. The second-order valence-corrected chi connectivity index (χ2v) is 8.35. The van der Waals surface area contributed by atoms with Crippen LogP contribution in [0.3, 0.4) is 0 Å². The summed E-state index contributed by atoms with van der Waals surface area (Å²) < 4.78 is 11.5. The topological polar surface area (TPSA) is 129 Å². The largest absolute Gasteiger partial charge is 0.494 e. The Morgan fingerprint density at radius 3 is 2.61 bits per heavy atom. The third kappa shape index (κ3) is 6.02. The second kappa shape index (κ2) is 11.9. The molecule has 1 atom stereocenters. The first-order valence-electron chi connectivity index (χ1n) is 11.7. The van der Waals surface area contributed by atoms with E-state index in [1.54, 1.807) is 24.3 Å². The maximum Gasteiger partial charge on any atom is 0.252 e. The minimum Gasteiger partial charge on any atom is -0.494 e. The third-order valence-corrected chi connectivity index (χ3v) is 5.78. The van der Waals surface area contributed by atoms with Crippen LogP contribution < -0.4 is 10.1 Å². The van der Waals surface area contributed by atoms with Crippen LogP contribution in [0.1, 0.15) is 23.1 Å². The second-order valence-electron chi connectivity index (χ2n) is 8.35. The number of azide groups is 1. The number of aliphatic hydroxyl groups is 1. The maximum atomic E-state index is 13.5. The van der Waals surface area contributed by atoms with Gasteiger partial charge in [0.1, 0.15) is 12.4 Å². The van der Waals surface area contributed by atoms with Gasteiger partial charge in [0, 0.05) is 42.2 Å². The lowest BCUT2D eigenvalue weighted by Crippen LogP contribution is -2.48. The van der Waals surface area contributed by atoms with E-state index in [1.807, 2.05) is 54.6 Å². The molecule has 9 nitrogen and oxygen atoms in total. The summed E-state index contributed by atoms with van der Waals surface area (Å²) in [7, 11) is 0. The van der Waals surface area contributed by atoms with Crippen molar-refractivity contribution in [2.75, 3.05) is 19.8 Å². The molecule has 2 N–H and O–H groups in total. The lowest BCUT2D eigenvalue weighted by Gasteiger charge is -2.24. The fourth-order valence-corrected chi connectivity index (χ4v) is 3.89. The molecule has 0 fully saturated rings. The van der Waals surface area contributed by atoms with Crippen LogP contribution in [0.4, 0.5) is 5.69 Å². The van der Waals surface area contributed by atoms with Gasteiger partial charge in [-0.3, -0.25) is 4.79 Å². The number of benzene rings is 3. The van der Waals surface area contributed by atoms with Crippen LogP contribution in [-0.2, 0) is 22.5 Å². The molecule has 1 amide bonds. The van der Waals surface area contributed by atoms with Gasteiger partial charge in [-0.1, -0.05) is 59.7 Å². The van der Waals surface area contributed by atoms with Gasteiger partial charge in [-0.2, -0.15) is 0 Å². The Morgan fingerprint density at radius 2 is 1.86 bits per heavy atom. The first kappa shape index (κ1) is 24.8. The molecule has 3 aromatic carbocycles. The van der Waals surface area contributed by atoms with Crippen molar-refractivity contribution in [1.82, 2.24) is 5.32 Å². The van der Waals surface area contributed by atoms with E-state index in [2.05, 4.69) is 15.3 Å². The molecule has 0 radical (unpaired) electrons. The molecule has 3 aromatic rings. The molecule has 184 valence electrons. The van der Waals surface area contributed by atoms with Crippen LogP contribution in [0.2, 0.25) is 0 Å². The number of amides is 1. The Labute approximate surface area is 209 Å². The van der Waals surface area contributed by atoms with Crippen molar-refractivity contribution >= 4 is 17.5 Å². The van der Waals surface area contributed by atoms with E-state index >= 15 is 0 Å². The SMILES string of the molecule is [N-]=[N+]=Nc1ccccc1C[C@]1(C(=O)NCc2ccccc2)COC(c2ccc(OCCCO)cc2)=N1. The summed E-state index contributed by atoms with van der Waals surface area (Å²) in [5.74, 6) is 0.745. The Bertz CT molecular complexity index is 1260. The fraction of sp³-hybridized carbons (Fsp3) is 0.259. The van der Waals surface area contributed by atoms with Crippen LogP contribution in [-0.4, -0.2) is 42.3 Å². The Balaban J connectivity index is 1.60. The first-order chi connectivity index (χ1) is 17.6. The van der Waals surface area contributed by atoms with E-state index in [-0.39, 0.29) is 25.5 Å². The highest BCUT2D eigenvalue weighted by atomic mass is 16.5. The molecule has 1 heterocycles. The van der Waals surface area contributed by atoms with Crippen molar-refractivity contribution in [3.63, 3.8) is 0 Å². The van der Waals surface area contributed by atoms with E-state index < -0.39 is 5.54 Å². The van der Waals surface area contributed by atoms with Crippen LogP contribution in [0.15, 0.2) is 89.0 Å². The normalized spacial score (nSPS) is 16.4. The monoisotopic (exact) mass is 485 g/mol. The van der Waals surface area contributed by atoms with Gasteiger partial charge >= 0.3 is 0 Å². The summed E-state index contributed by atoms with van der Waals surface area (Å²) in [5.41, 5.74) is 10.6. The minimum absolute atomic E-state index is 0.0440. The average Bonchev–Trinajstić information content (AvgIpc) is 3.35. The van der Waals surface area contributed by atoms with Crippen molar-refractivity contribution in [1.29, 1.82) is 0 Å². The Morgan fingerprint density at radius 1 is 1.11 bits per heavy atom. The summed E-state index contributed by atoms with van der Waals surface area (Å²) in [4.78, 5) is 21.2. The highest BCUT2D eigenvalue weighted by Crippen LogP contribution is 2.31. The van der Waals surface area contributed by atoms with Gasteiger partial charge in [0.05, 0.1) is 6.61 Å². The number of hydrogen-bond donors (Lipinski definition) is 2. The molecule has 0 aromatic heterocycles. The molecule has 36 heavy (non-hydrogen) atoms. The van der Waals surface area contributed by atoms with Crippen molar-refractivity contribution in [2.24, 2.45) is 10.1 Å². The standard InChI is InChI=1S/C27H27N5O4/c28-32-31-24-10-5-4-9-22(24)17-27(26(34)29-18-20-7-2-1-3-8-20)19-36-25(30-27)21-11-13-23(14-12-21)35-16-6-15-33/h1-5,7-14,33H,6,15-19H2,(H,29,34)/t27-/m1/s1. The smallest absolute Gasteiger partial charge is 0.252 e. The zero-order chi connectivity index (χ0) is 25.2. The zero-order valence-corrected chi connectivity index (χ0v) is 19.7. The highest BCUT2D eigenvalue weighted by Gasteiger charge is 2.44. The van der Waals surface area contributed by atoms with Crippen molar-refractivity contribution in [3.05, 3.63) is 106 Å². The summed E-state index contributed by atoms with van der Waals surface area (Å²) in [6.07, 6.45) is 0.754. The van der Waals surface area contributed by atoms with E-state index in [0.29, 0.717) is 48.0 Å². The number of rotatable bonds is 11. The maximum absolute atomic E-state index is 13.5. The molecule has 0 saturated heterocycles. The van der Waals surface area contributed by atoms with Gasteiger partial charge < -0.3 is 19.9 Å². The molecule has 4 rings (SSSR count). The highest BCUT2D eigenvalue weighted by molar-refractivity contribution is 6.00. The molecule has 1 aliphatic heterocycles. The summed E-state index contributed by atoms with van der Waals surface area (Å²) >= 11 is 0. The van der Waals surface area contributed by atoms with Gasteiger partial charge in [-0.05, 0) is 40.9 Å². The molecule has 0 bridgehead atoms. The summed E-state index contributed by atoms with van der Waals surface area (Å²) in [6, 6.07) is 24.0. The molecule has 0 aliphatic carbocycles. The molecule has 0 saturated carbocycles. The molecule has 0 spiro atoms. The first-order valence-corrected chi connectivity index (χ1v) is 11.7. The lowest BCUT2D eigenvalue weighted by atomic mass is 9.90. The predicted molar refractivity (Wildman–Crippen MR) is 136 cm³/mol. The van der Waals surface area contributed by atoms with Crippen LogP contribution >= 0.6 is 0 Å². The van der Waals surface area contributed by atoms with E-state index in [0.717, 1.165) is 5.56 Å². The third-order valence-electron chi connectivity index (χ3n) is 5.78. The number of carbonyl (C=O) groups excluding carboxylic acids is 1. The van der Waals surface area contributed by atoms with Crippen LogP contribution in [0, 0.1) is 0 Å². The Kier molecular flexibility index (Phi) is 8.18. The molecule has 9 heteroatoms. The summed E-state index contributed by atoms with van der Waals surface area (Å²) in [5, 5.41) is 15.7. The number of aliphatic imine (C=N–C) groups is 1. The summed E-state index contributed by atoms with van der Waals surface area (Å²) in [6.45, 7) is 0.884. The van der Waals surface area contributed by atoms with Crippen molar-refractivity contribution in [2.45, 2.75) is 24.9 Å². The van der Waals surface area contributed by atoms with Gasteiger partial charge in [-0.25, -0.2) is 4.99 Å².